The molecule has 0 bridgehead atoms. The molecule has 2 rings (SSSR count). The maximum atomic E-state index is 12.1. The lowest BCUT2D eigenvalue weighted by Gasteiger charge is -2.34. The Hall–Kier alpha value is -0.280. The second kappa shape index (κ2) is 6.05. The van der Waals surface area contributed by atoms with Crippen LogP contribution in [0.3, 0.4) is 0 Å². The monoisotopic (exact) mass is 260 g/mol. The number of rotatable bonds is 2. The lowest BCUT2D eigenvalue weighted by Crippen LogP contribution is -2.40. The fraction of sp³-hybridized carbons (Fsp3) is 0.923. The summed E-state index contributed by atoms with van der Waals surface area (Å²) in [7, 11) is 0. The Balaban J connectivity index is 0.00000144. The second-order valence-corrected chi connectivity index (χ2v) is 5.57. The summed E-state index contributed by atoms with van der Waals surface area (Å²) in [5.74, 6) is 0.578. The van der Waals surface area contributed by atoms with Crippen LogP contribution >= 0.6 is 12.4 Å². The fourth-order valence-corrected chi connectivity index (χ4v) is 2.97. The molecule has 0 saturated carbocycles. The average Bonchev–Trinajstić information content (AvgIpc) is 2.72. The van der Waals surface area contributed by atoms with Crippen molar-refractivity contribution in [2.45, 2.75) is 39.5 Å². The molecular formula is C13H25ClN2O. The van der Waals surface area contributed by atoms with Crippen molar-refractivity contribution in [3.05, 3.63) is 0 Å². The zero-order valence-electron chi connectivity index (χ0n) is 11.0. The molecule has 2 aliphatic heterocycles. The normalized spacial score (nSPS) is 24.5. The molecule has 1 N–H and O–H groups in total. The molecule has 2 aliphatic rings. The summed E-state index contributed by atoms with van der Waals surface area (Å²) in [5.41, 5.74) is 0.453. The maximum absolute atomic E-state index is 12.1. The van der Waals surface area contributed by atoms with Gasteiger partial charge in [0.1, 0.15) is 0 Å². The Morgan fingerprint density at radius 1 is 1.35 bits per heavy atom. The van der Waals surface area contributed by atoms with Crippen LogP contribution in [-0.4, -0.2) is 37.0 Å². The smallest absolute Gasteiger partial charge is 0.225 e. The summed E-state index contributed by atoms with van der Waals surface area (Å²) in [6.07, 6.45) is 4.68. The topological polar surface area (TPSA) is 32.3 Å². The van der Waals surface area contributed by atoms with Crippen LogP contribution in [-0.2, 0) is 4.79 Å². The molecule has 2 heterocycles. The van der Waals surface area contributed by atoms with Gasteiger partial charge in [-0.15, -0.1) is 12.4 Å². The molecular weight excluding hydrogens is 236 g/mol. The summed E-state index contributed by atoms with van der Waals surface area (Å²) in [5, 5.41) is 3.41. The first-order chi connectivity index (χ1) is 7.67. The molecule has 17 heavy (non-hydrogen) atoms. The van der Waals surface area contributed by atoms with E-state index < -0.39 is 0 Å². The number of hydrogen-bond acceptors (Lipinski definition) is 2. The fourth-order valence-electron chi connectivity index (χ4n) is 2.97. The highest BCUT2D eigenvalue weighted by Gasteiger charge is 2.40. The number of likely N-dealkylation sites (tertiary alicyclic amines) is 1. The molecule has 4 heteroatoms. The van der Waals surface area contributed by atoms with Gasteiger partial charge in [-0.2, -0.15) is 0 Å². The van der Waals surface area contributed by atoms with Crippen LogP contribution in [0.15, 0.2) is 0 Å². The van der Waals surface area contributed by atoms with Gasteiger partial charge in [-0.3, -0.25) is 4.79 Å². The SMILES string of the molecule is CCC(C)C(=O)N1CCC2(CCNCC2)C1.Cl. The molecule has 0 aromatic rings. The third kappa shape index (κ3) is 3.14. The maximum Gasteiger partial charge on any atom is 0.225 e. The molecule has 2 fully saturated rings. The van der Waals surface area contributed by atoms with E-state index >= 15 is 0 Å². The van der Waals surface area contributed by atoms with Gasteiger partial charge in [0.2, 0.25) is 5.91 Å². The van der Waals surface area contributed by atoms with Crippen LogP contribution in [0.4, 0.5) is 0 Å². The minimum atomic E-state index is 0. The first-order valence-electron chi connectivity index (χ1n) is 6.66. The van der Waals surface area contributed by atoms with Crippen molar-refractivity contribution in [2.24, 2.45) is 11.3 Å². The number of nitrogens with one attached hydrogen (secondary N) is 1. The second-order valence-electron chi connectivity index (χ2n) is 5.57. The molecule has 0 aliphatic carbocycles. The minimum absolute atomic E-state index is 0. The van der Waals surface area contributed by atoms with Crippen LogP contribution in [0.5, 0.6) is 0 Å². The highest BCUT2D eigenvalue weighted by Crippen LogP contribution is 2.39. The van der Waals surface area contributed by atoms with Gasteiger partial charge < -0.3 is 10.2 Å². The van der Waals surface area contributed by atoms with Crippen LogP contribution in [0.25, 0.3) is 0 Å². The predicted molar refractivity (Wildman–Crippen MR) is 72.4 cm³/mol. The number of nitrogens with zero attached hydrogens (tertiary/aromatic N) is 1. The zero-order valence-corrected chi connectivity index (χ0v) is 11.8. The van der Waals surface area contributed by atoms with Gasteiger partial charge in [0, 0.05) is 19.0 Å². The highest BCUT2D eigenvalue weighted by atomic mass is 35.5. The van der Waals surface area contributed by atoms with E-state index in [1.165, 1.54) is 19.3 Å². The van der Waals surface area contributed by atoms with Gasteiger partial charge in [-0.05, 0) is 44.2 Å². The molecule has 2 saturated heterocycles. The molecule has 0 aromatic heterocycles. The van der Waals surface area contributed by atoms with Crippen LogP contribution < -0.4 is 5.32 Å². The third-order valence-electron chi connectivity index (χ3n) is 4.45. The number of hydrogen-bond donors (Lipinski definition) is 1. The molecule has 0 radical (unpaired) electrons. The van der Waals surface area contributed by atoms with E-state index in [9.17, 15) is 4.79 Å². The summed E-state index contributed by atoms with van der Waals surface area (Å²) >= 11 is 0. The van der Waals surface area contributed by atoms with E-state index in [4.69, 9.17) is 0 Å². The minimum Gasteiger partial charge on any atom is -0.342 e. The molecule has 1 atom stereocenters. The van der Waals surface area contributed by atoms with Gasteiger partial charge in [0.05, 0.1) is 0 Å². The van der Waals surface area contributed by atoms with Gasteiger partial charge in [-0.1, -0.05) is 13.8 Å². The Kier molecular flexibility index (Phi) is 5.26. The Bertz CT molecular complexity index is 264. The first-order valence-corrected chi connectivity index (χ1v) is 6.66. The first kappa shape index (κ1) is 14.8. The summed E-state index contributed by atoms with van der Waals surface area (Å²) in [6, 6.07) is 0. The number of piperidine rings is 1. The molecule has 1 unspecified atom stereocenters. The van der Waals surface area contributed by atoms with Crippen molar-refractivity contribution in [2.75, 3.05) is 26.2 Å². The van der Waals surface area contributed by atoms with Crippen molar-refractivity contribution in [3.8, 4) is 0 Å². The van der Waals surface area contributed by atoms with Crippen molar-refractivity contribution < 1.29 is 4.79 Å². The van der Waals surface area contributed by atoms with E-state index in [1.807, 2.05) is 0 Å². The van der Waals surface area contributed by atoms with Crippen LogP contribution in [0.2, 0.25) is 0 Å². The Morgan fingerprint density at radius 3 is 2.59 bits per heavy atom. The quantitative estimate of drug-likeness (QED) is 0.824. The third-order valence-corrected chi connectivity index (χ3v) is 4.45. The predicted octanol–water partition coefficient (Wildman–Crippen LogP) is 2.06. The summed E-state index contributed by atoms with van der Waals surface area (Å²) in [4.78, 5) is 14.2. The van der Waals surface area contributed by atoms with Gasteiger partial charge in [-0.25, -0.2) is 0 Å². The number of amides is 1. The van der Waals surface area contributed by atoms with Gasteiger partial charge >= 0.3 is 0 Å². The van der Waals surface area contributed by atoms with E-state index in [0.29, 0.717) is 11.3 Å². The van der Waals surface area contributed by atoms with E-state index in [1.54, 1.807) is 0 Å². The number of carbonyl (C=O) groups excluding carboxylic acids is 1. The molecule has 1 amide bonds. The standard InChI is InChI=1S/C13H24N2O.ClH/c1-3-11(2)12(16)15-9-6-13(10-15)4-7-14-8-5-13;/h11,14H,3-10H2,1-2H3;1H. The van der Waals surface area contributed by atoms with Crippen molar-refractivity contribution in [1.29, 1.82) is 0 Å². The summed E-state index contributed by atoms with van der Waals surface area (Å²) < 4.78 is 0. The number of carbonyl (C=O) groups is 1. The molecule has 3 nitrogen and oxygen atoms in total. The van der Waals surface area contributed by atoms with Crippen molar-refractivity contribution in [1.82, 2.24) is 10.2 Å². The van der Waals surface area contributed by atoms with E-state index in [2.05, 4.69) is 24.1 Å². The molecule has 0 aromatic carbocycles. The van der Waals surface area contributed by atoms with Crippen molar-refractivity contribution in [3.63, 3.8) is 0 Å². The van der Waals surface area contributed by atoms with Crippen molar-refractivity contribution >= 4 is 18.3 Å². The lowest BCUT2D eigenvalue weighted by molar-refractivity contribution is -0.134. The average molecular weight is 261 g/mol. The number of halogens is 1. The summed E-state index contributed by atoms with van der Waals surface area (Å²) in [6.45, 7) is 8.41. The van der Waals surface area contributed by atoms with Crippen LogP contribution in [0.1, 0.15) is 39.5 Å². The molecule has 100 valence electrons. The van der Waals surface area contributed by atoms with Gasteiger partial charge in [0.15, 0.2) is 0 Å². The Labute approximate surface area is 111 Å². The van der Waals surface area contributed by atoms with Gasteiger partial charge in [0.25, 0.3) is 0 Å². The van der Waals surface area contributed by atoms with Crippen LogP contribution in [0, 0.1) is 11.3 Å². The van der Waals surface area contributed by atoms with E-state index in [-0.39, 0.29) is 18.3 Å². The zero-order chi connectivity index (χ0) is 11.6. The largest absolute Gasteiger partial charge is 0.342 e. The van der Waals surface area contributed by atoms with E-state index in [0.717, 1.165) is 32.6 Å². The Morgan fingerprint density at radius 2 is 2.00 bits per heavy atom. The molecule has 1 spiro atoms. The lowest BCUT2D eigenvalue weighted by atomic mass is 9.78. The highest BCUT2D eigenvalue weighted by molar-refractivity contribution is 5.85.